The van der Waals surface area contributed by atoms with Gasteiger partial charge in [-0.15, -0.1) is 0 Å². The molecule has 3 nitrogen and oxygen atoms in total. The summed E-state index contributed by atoms with van der Waals surface area (Å²) >= 11 is 4.02. The molecule has 0 amide bonds. The number of thiol groups is 1. The van der Waals surface area contributed by atoms with Gasteiger partial charge in [-0.05, 0) is 0 Å². The van der Waals surface area contributed by atoms with Gasteiger partial charge in [-0.25, -0.2) is 0 Å². The van der Waals surface area contributed by atoms with Crippen LogP contribution in [0.1, 0.15) is 0 Å². The SMILES string of the molecule is OCCN(CC=CCS)CCO. The zero-order valence-corrected chi connectivity index (χ0v) is 8.08. The lowest BCUT2D eigenvalue weighted by atomic mass is 10.4. The van der Waals surface area contributed by atoms with E-state index in [1.807, 2.05) is 17.1 Å². The normalized spacial score (nSPS) is 11.7. The van der Waals surface area contributed by atoms with E-state index < -0.39 is 0 Å². The van der Waals surface area contributed by atoms with Crippen molar-refractivity contribution in [1.82, 2.24) is 4.90 Å². The molecule has 0 saturated carbocycles. The Kier molecular flexibility index (Phi) is 9.04. The van der Waals surface area contributed by atoms with Crippen LogP contribution in [0.4, 0.5) is 0 Å². The van der Waals surface area contributed by atoms with Crippen LogP contribution >= 0.6 is 12.6 Å². The first-order valence-electron chi connectivity index (χ1n) is 4.05. The van der Waals surface area contributed by atoms with Gasteiger partial charge in [-0.3, -0.25) is 4.90 Å². The largest absolute Gasteiger partial charge is 0.395 e. The Balaban J connectivity index is 3.54. The van der Waals surface area contributed by atoms with E-state index in [9.17, 15) is 0 Å². The maximum Gasteiger partial charge on any atom is 0.0558 e. The molecule has 12 heavy (non-hydrogen) atoms. The number of rotatable bonds is 7. The van der Waals surface area contributed by atoms with Crippen molar-refractivity contribution in [3.8, 4) is 0 Å². The molecule has 0 aliphatic carbocycles. The second-order valence-electron chi connectivity index (χ2n) is 2.40. The maximum atomic E-state index is 8.66. The zero-order valence-electron chi connectivity index (χ0n) is 7.19. The molecule has 0 aromatic rings. The van der Waals surface area contributed by atoms with Crippen molar-refractivity contribution in [3.63, 3.8) is 0 Å². The highest BCUT2D eigenvalue weighted by Crippen LogP contribution is 1.88. The Morgan fingerprint density at radius 3 is 2.08 bits per heavy atom. The third kappa shape index (κ3) is 6.67. The summed E-state index contributed by atoms with van der Waals surface area (Å²) in [6.07, 6.45) is 3.93. The highest BCUT2D eigenvalue weighted by molar-refractivity contribution is 7.80. The average molecular weight is 191 g/mol. The molecular weight excluding hydrogens is 174 g/mol. The molecule has 0 radical (unpaired) electrons. The van der Waals surface area contributed by atoms with Gasteiger partial charge in [-0.1, -0.05) is 12.2 Å². The van der Waals surface area contributed by atoms with Crippen molar-refractivity contribution >= 4 is 12.6 Å². The van der Waals surface area contributed by atoms with Gasteiger partial charge < -0.3 is 10.2 Å². The van der Waals surface area contributed by atoms with Crippen LogP contribution in [-0.4, -0.2) is 53.7 Å². The van der Waals surface area contributed by atoms with E-state index in [2.05, 4.69) is 12.6 Å². The third-order valence-electron chi connectivity index (χ3n) is 1.47. The van der Waals surface area contributed by atoms with E-state index in [1.165, 1.54) is 0 Å². The Morgan fingerprint density at radius 2 is 1.67 bits per heavy atom. The van der Waals surface area contributed by atoms with E-state index in [0.29, 0.717) is 13.1 Å². The number of aliphatic hydroxyl groups excluding tert-OH is 2. The van der Waals surface area contributed by atoms with E-state index in [0.717, 1.165) is 12.3 Å². The predicted molar refractivity (Wildman–Crippen MR) is 53.6 cm³/mol. The first-order valence-corrected chi connectivity index (χ1v) is 4.68. The van der Waals surface area contributed by atoms with E-state index in [1.54, 1.807) is 0 Å². The number of hydrogen-bond acceptors (Lipinski definition) is 4. The van der Waals surface area contributed by atoms with Gasteiger partial charge in [0.25, 0.3) is 0 Å². The summed E-state index contributed by atoms with van der Waals surface area (Å²) in [6, 6.07) is 0. The molecule has 72 valence electrons. The van der Waals surface area contributed by atoms with Gasteiger partial charge in [0, 0.05) is 25.4 Å². The van der Waals surface area contributed by atoms with Crippen LogP contribution in [0.2, 0.25) is 0 Å². The van der Waals surface area contributed by atoms with Crippen LogP contribution in [0.5, 0.6) is 0 Å². The lowest BCUT2D eigenvalue weighted by Gasteiger charge is -2.17. The molecule has 0 spiro atoms. The fraction of sp³-hybridized carbons (Fsp3) is 0.750. The molecule has 0 unspecified atom stereocenters. The van der Waals surface area contributed by atoms with Crippen molar-refractivity contribution < 1.29 is 10.2 Å². The molecule has 2 N–H and O–H groups in total. The number of hydrogen-bond donors (Lipinski definition) is 3. The third-order valence-corrected chi connectivity index (χ3v) is 1.68. The fourth-order valence-electron chi connectivity index (χ4n) is 0.875. The van der Waals surface area contributed by atoms with Crippen molar-refractivity contribution in [3.05, 3.63) is 12.2 Å². The Morgan fingerprint density at radius 1 is 1.08 bits per heavy atom. The van der Waals surface area contributed by atoms with Crippen molar-refractivity contribution in [1.29, 1.82) is 0 Å². The predicted octanol–water partition coefficient (Wildman–Crippen LogP) is -0.241. The van der Waals surface area contributed by atoms with Crippen LogP contribution in [-0.2, 0) is 0 Å². The Labute approximate surface area is 79.1 Å². The van der Waals surface area contributed by atoms with Gasteiger partial charge in [0.15, 0.2) is 0 Å². The zero-order chi connectivity index (χ0) is 9.23. The lowest BCUT2D eigenvalue weighted by Crippen LogP contribution is -2.29. The van der Waals surface area contributed by atoms with Crippen molar-refractivity contribution in [2.24, 2.45) is 0 Å². The minimum atomic E-state index is 0.134. The average Bonchev–Trinajstić information content (AvgIpc) is 2.06. The summed E-state index contributed by atoms with van der Waals surface area (Å²) in [5, 5.41) is 17.3. The molecule has 0 fully saturated rings. The van der Waals surface area contributed by atoms with Gasteiger partial charge in [0.05, 0.1) is 13.2 Å². The molecule has 0 aromatic carbocycles. The van der Waals surface area contributed by atoms with Crippen LogP contribution in [0.15, 0.2) is 12.2 Å². The summed E-state index contributed by atoms with van der Waals surface area (Å²) in [7, 11) is 0. The van der Waals surface area contributed by atoms with E-state index in [4.69, 9.17) is 10.2 Å². The van der Waals surface area contributed by atoms with Crippen LogP contribution in [0.3, 0.4) is 0 Å². The van der Waals surface area contributed by atoms with Crippen molar-refractivity contribution in [2.75, 3.05) is 38.6 Å². The fourth-order valence-corrected chi connectivity index (χ4v) is 1.02. The molecule has 0 atom stereocenters. The topological polar surface area (TPSA) is 43.7 Å². The highest BCUT2D eigenvalue weighted by atomic mass is 32.1. The van der Waals surface area contributed by atoms with Crippen LogP contribution in [0.25, 0.3) is 0 Å². The Hall–Kier alpha value is -0.0300. The molecule has 0 saturated heterocycles. The number of aliphatic hydroxyl groups is 2. The minimum Gasteiger partial charge on any atom is -0.395 e. The molecule has 0 rings (SSSR count). The van der Waals surface area contributed by atoms with Crippen molar-refractivity contribution in [2.45, 2.75) is 0 Å². The van der Waals surface area contributed by atoms with Gasteiger partial charge >= 0.3 is 0 Å². The van der Waals surface area contributed by atoms with Crippen LogP contribution < -0.4 is 0 Å². The van der Waals surface area contributed by atoms with Gasteiger partial charge in [0.1, 0.15) is 0 Å². The lowest BCUT2D eigenvalue weighted by molar-refractivity contribution is 0.172. The Bertz CT molecular complexity index is 114. The molecule has 0 aliphatic rings. The first kappa shape index (κ1) is 12.0. The summed E-state index contributed by atoms with van der Waals surface area (Å²) < 4.78 is 0. The highest BCUT2D eigenvalue weighted by Gasteiger charge is 1.99. The monoisotopic (exact) mass is 191 g/mol. The first-order chi connectivity index (χ1) is 5.85. The molecule has 0 aliphatic heterocycles. The van der Waals surface area contributed by atoms with Gasteiger partial charge in [-0.2, -0.15) is 12.6 Å². The minimum absolute atomic E-state index is 0.134. The quantitative estimate of drug-likeness (QED) is 0.384. The summed E-state index contributed by atoms with van der Waals surface area (Å²) in [4.78, 5) is 1.97. The molecule has 0 aromatic heterocycles. The second kappa shape index (κ2) is 9.06. The molecule has 0 bridgehead atoms. The molecule has 0 heterocycles. The number of nitrogens with zero attached hydrogens (tertiary/aromatic N) is 1. The van der Waals surface area contributed by atoms with E-state index >= 15 is 0 Å². The van der Waals surface area contributed by atoms with E-state index in [-0.39, 0.29) is 13.2 Å². The smallest absolute Gasteiger partial charge is 0.0558 e. The summed E-state index contributed by atoms with van der Waals surface area (Å²) in [5.41, 5.74) is 0. The standard InChI is InChI=1S/C8H17NO2S/c10-6-4-9(5-7-11)3-1-2-8-12/h1-2,10-12H,3-8H2. The van der Waals surface area contributed by atoms with Gasteiger partial charge in [0.2, 0.25) is 0 Å². The maximum absolute atomic E-state index is 8.66. The molecule has 4 heteroatoms. The molecular formula is C8H17NO2S. The second-order valence-corrected chi connectivity index (χ2v) is 2.77. The summed E-state index contributed by atoms with van der Waals surface area (Å²) in [6.45, 7) is 2.25. The van der Waals surface area contributed by atoms with Crippen LogP contribution in [0, 0.1) is 0 Å². The summed E-state index contributed by atoms with van der Waals surface area (Å²) in [5.74, 6) is 0.728.